The third-order valence-corrected chi connectivity index (χ3v) is 7.87. The molecule has 1 aromatic heterocycles. The van der Waals surface area contributed by atoms with Crippen LogP contribution in [-0.2, 0) is 17.1 Å². The van der Waals surface area contributed by atoms with Crippen LogP contribution < -0.4 is 4.31 Å². The third kappa shape index (κ3) is 2.93. The largest absolute Gasteiger partial charge is 0.317 e. The minimum absolute atomic E-state index is 0.207. The van der Waals surface area contributed by atoms with Gasteiger partial charge in [-0.15, -0.1) is 0 Å². The molecule has 4 rings (SSSR count). The van der Waals surface area contributed by atoms with Crippen molar-refractivity contribution in [3.05, 3.63) is 71.9 Å². The molecular weight excluding hydrogens is 394 g/mol. The zero-order valence-corrected chi connectivity index (χ0v) is 17.1. The molecular formula is C20H19N3O3S2. The number of carbonyl (C=O) groups is 1. The fourth-order valence-electron chi connectivity index (χ4n) is 3.39. The minimum Gasteiger partial charge on any atom is -0.317 e. The molecule has 0 fully saturated rings. The number of anilines is 1. The number of nitrogens with zero attached hydrogens (tertiary/aromatic N) is 3. The molecule has 8 heteroatoms. The lowest BCUT2D eigenvalue weighted by atomic mass is 10.1. The van der Waals surface area contributed by atoms with E-state index >= 15 is 0 Å². The Hall–Kier alpha value is -2.58. The number of benzene rings is 2. The van der Waals surface area contributed by atoms with E-state index in [-0.39, 0.29) is 12.4 Å². The molecule has 1 atom stereocenters. The number of hydrogen-bond donors (Lipinski definition) is 0. The number of carbonyl (C=O) groups excluding carboxylic acids is 1. The maximum absolute atomic E-state index is 13.3. The first kappa shape index (κ1) is 18.8. The molecule has 3 aromatic rings. The van der Waals surface area contributed by atoms with E-state index in [4.69, 9.17) is 0 Å². The molecule has 0 N–H and O–H groups in total. The van der Waals surface area contributed by atoms with Gasteiger partial charge < -0.3 is 4.57 Å². The summed E-state index contributed by atoms with van der Waals surface area (Å²) in [5, 5.41) is -0.682. The van der Waals surface area contributed by atoms with Gasteiger partial charge in [-0.05, 0) is 24.6 Å². The molecule has 0 saturated carbocycles. The van der Waals surface area contributed by atoms with E-state index in [0.717, 1.165) is 4.90 Å². The lowest BCUT2D eigenvalue weighted by molar-refractivity contribution is 0.0976. The van der Waals surface area contributed by atoms with Crippen LogP contribution in [0.25, 0.3) is 0 Å². The van der Waals surface area contributed by atoms with Crippen molar-refractivity contribution in [3.63, 3.8) is 0 Å². The number of sulfonamides is 1. The smallest absolute Gasteiger partial charge is 0.251 e. The van der Waals surface area contributed by atoms with Crippen molar-refractivity contribution in [2.75, 3.05) is 10.8 Å². The summed E-state index contributed by atoms with van der Waals surface area (Å²) in [6.07, 6.45) is 0. The average molecular weight is 414 g/mol. The van der Waals surface area contributed by atoms with E-state index in [9.17, 15) is 13.2 Å². The second-order valence-electron chi connectivity index (χ2n) is 6.41. The van der Waals surface area contributed by atoms with Gasteiger partial charge in [-0.25, -0.2) is 13.4 Å². The number of Topliss-reactive ketones (excluding diaryl/α,β-unsaturated/α-hetero) is 1. The fraction of sp³-hybridized carbons (Fsp3) is 0.200. The van der Waals surface area contributed by atoms with E-state index < -0.39 is 21.1 Å². The average Bonchev–Trinajstić information content (AvgIpc) is 2.99. The highest BCUT2D eigenvalue weighted by Gasteiger charge is 2.48. The van der Waals surface area contributed by atoms with E-state index in [1.165, 1.54) is 16.1 Å². The van der Waals surface area contributed by atoms with Gasteiger partial charge >= 0.3 is 0 Å². The van der Waals surface area contributed by atoms with Crippen molar-refractivity contribution >= 4 is 33.4 Å². The van der Waals surface area contributed by atoms with Crippen LogP contribution >= 0.6 is 11.8 Å². The second-order valence-corrected chi connectivity index (χ2v) is 9.39. The van der Waals surface area contributed by atoms with Crippen molar-refractivity contribution in [1.29, 1.82) is 0 Å². The Balaban J connectivity index is 1.86. The van der Waals surface area contributed by atoms with Gasteiger partial charge in [-0.3, -0.25) is 9.10 Å². The summed E-state index contributed by atoms with van der Waals surface area (Å²) in [5.74, 6) is -0.235. The zero-order valence-electron chi connectivity index (χ0n) is 15.4. The minimum atomic E-state index is -3.91. The predicted molar refractivity (Wildman–Crippen MR) is 109 cm³/mol. The first-order chi connectivity index (χ1) is 13.4. The molecule has 0 aliphatic carbocycles. The second kappa shape index (κ2) is 7.10. The maximum Gasteiger partial charge on any atom is 0.251 e. The molecule has 1 unspecified atom stereocenters. The van der Waals surface area contributed by atoms with Gasteiger partial charge in [0.25, 0.3) is 10.0 Å². The Kier molecular flexibility index (Phi) is 4.76. The van der Waals surface area contributed by atoms with Crippen LogP contribution in [0.15, 0.2) is 70.7 Å². The van der Waals surface area contributed by atoms with Crippen molar-refractivity contribution in [2.45, 2.75) is 22.2 Å². The van der Waals surface area contributed by atoms with Gasteiger partial charge in [-0.1, -0.05) is 60.3 Å². The van der Waals surface area contributed by atoms with E-state index in [1.54, 1.807) is 48.9 Å². The van der Waals surface area contributed by atoms with Crippen molar-refractivity contribution in [1.82, 2.24) is 9.55 Å². The van der Waals surface area contributed by atoms with Crippen LogP contribution in [0.4, 0.5) is 5.82 Å². The molecule has 0 bridgehead atoms. The van der Waals surface area contributed by atoms with Crippen molar-refractivity contribution in [3.8, 4) is 0 Å². The lowest BCUT2D eigenvalue weighted by Gasteiger charge is -2.31. The first-order valence-electron chi connectivity index (χ1n) is 8.85. The van der Waals surface area contributed by atoms with Crippen LogP contribution in [0.5, 0.6) is 0 Å². The number of aromatic nitrogens is 2. The molecule has 1 aliphatic rings. The SMILES string of the molecule is CCN1c2nc(Sc3ccccc3)n(C)c2C(=O)C(c2ccccc2)S1(=O)=O. The molecule has 0 spiro atoms. The Labute approximate surface area is 168 Å². The van der Waals surface area contributed by atoms with Crippen LogP contribution in [0, 0.1) is 0 Å². The van der Waals surface area contributed by atoms with Crippen LogP contribution in [0.2, 0.25) is 0 Å². The predicted octanol–water partition coefficient (Wildman–Crippen LogP) is 3.67. The summed E-state index contributed by atoms with van der Waals surface area (Å²) < 4.78 is 29.4. The number of hydrogen-bond acceptors (Lipinski definition) is 5. The standard InChI is InChI=1S/C20H19N3O3S2/c1-3-23-19-16(22(2)20(21-19)27-15-12-8-5-9-13-15)17(24)18(28(23,25)26)14-10-6-4-7-11-14/h4-13,18H,3H2,1-2H3. The monoisotopic (exact) mass is 413 g/mol. The summed E-state index contributed by atoms with van der Waals surface area (Å²) in [6.45, 7) is 1.95. The molecule has 28 heavy (non-hydrogen) atoms. The molecule has 2 aromatic carbocycles. The molecule has 0 amide bonds. The molecule has 6 nitrogen and oxygen atoms in total. The van der Waals surface area contributed by atoms with Gasteiger partial charge in [0.2, 0.25) is 5.78 Å². The summed E-state index contributed by atoms with van der Waals surface area (Å²) in [4.78, 5) is 18.8. The summed E-state index contributed by atoms with van der Waals surface area (Å²) in [7, 11) is -2.15. The Bertz CT molecular complexity index is 1130. The number of rotatable bonds is 4. The van der Waals surface area contributed by atoms with Crippen LogP contribution in [-0.4, -0.2) is 30.3 Å². The molecule has 0 saturated heterocycles. The molecule has 1 aliphatic heterocycles. The Morgan fingerprint density at radius 3 is 2.25 bits per heavy atom. The summed E-state index contributed by atoms with van der Waals surface area (Å²) in [5.41, 5.74) is 0.791. The van der Waals surface area contributed by atoms with Crippen molar-refractivity contribution < 1.29 is 13.2 Å². The topological polar surface area (TPSA) is 72.3 Å². The highest BCUT2D eigenvalue weighted by molar-refractivity contribution is 7.99. The molecule has 144 valence electrons. The van der Waals surface area contributed by atoms with Gasteiger partial charge in [-0.2, -0.15) is 0 Å². The van der Waals surface area contributed by atoms with Gasteiger partial charge in [0.1, 0.15) is 5.69 Å². The number of ketones is 1. The normalized spacial score (nSPS) is 18.1. The first-order valence-corrected chi connectivity index (χ1v) is 11.2. The third-order valence-electron chi connectivity index (χ3n) is 4.69. The van der Waals surface area contributed by atoms with Crippen LogP contribution in [0.1, 0.15) is 28.2 Å². The number of fused-ring (bicyclic) bond motifs is 1. The Morgan fingerprint density at radius 2 is 1.64 bits per heavy atom. The zero-order chi connectivity index (χ0) is 19.9. The highest BCUT2D eigenvalue weighted by atomic mass is 32.2. The lowest BCUT2D eigenvalue weighted by Crippen LogP contribution is -2.43. The highest BCUT2D eigenvalue weighted by Crippen LogP contribution is 2.42. The van der Waals surface area contributed by atoms with E-state index in [2.05, 4.69) is 4.98 Å². The van der Waals surface area contributed by atoms with E-state index in [1.807, 2.05) is 30.3 Å². The van der Waals surface area contributed by atoms with Crippen molar-refractivity contribution in [2.24, 2.45) is 7.05 Å². The van der Waals surface area contributed by atoms with E-state index in [0.29, 0.717) is 16.4 Å². The van der Waals surface area contributed by atoms with Gasteiger partial charge in [0, 0.05) is 18.5 Å². The number of imidazole rings is 1. The molecule has 0 radical (unpaired) electrons. The van der Waals surface area contributed by atoms with Gasteiger partial charge in [0.15, 0.2) is 16.2 Å². The maximum atomic E-state index is 13.3. The summed E-state index contributed by atoms with van der Waals surface area (Å²) in [6, 6.07) is 18.3. The molecule has 2 heterocycles. The summed E-state index contributed by atoms with van der Waals surface area (Å²) >= 11 is 1.40. The van der Waals surface area contributed by atoms with Crippen LogP contribution in [0.3, 0.4) is 0 Å². The van der Waals surface area contributed by atoms with Gasteiger partial charge in [0.05, 0.1) is 0 Å². The Morgan fingerprint density at radius 1 is 1.04 bits per heavy atom. The quantitative estimate of drug-likeness (QED) is 0.653. The fourth-order valence-corrected chi connectivity index (χ4v) is 6.12.